The Balaban J connectivity index is 1.66. The van der Waals surface area contributed by atoms with E-state index in [4.69, 9.17) is 5.11 Å². The van der Waals surface area contributed by atoms with Crippen molar-refractivity contribution in [3.05, 3.63) is 0 Å². The predicted octanol–water partition coefficient (Wildman–Crippen LogP) is 1.35. The van der Waals surface area contributed by atoms with Gasteiger partial charge >= 0.3 is 0 Å². The standard InChI is InChI=1S/C11H21NO/c1-9-2-4-12(5-3-9)7-10-6-11(10)8-13/h9-11,13H,2-8H2,1H3/t10-,11+/m0/s1. The minimum absolute atomic E-state index is 0.412. The van der Waals surface area contributed by atoms with Crippen LogP contribution in [0.4, 0.5) is 0 Å². The van der Waals surface area contributed by atoms with Gasteiger partial charge in [0.25, 0.3) is 0 Å². The van der Waals surface area contributed by atoms with E-state index in [1.165, 1.54) is 38.9 Å². The average molecular weight is 183 g/mol. The zero-order valence-corrected chi connectivity index (χ0v) is 8.58. The molecule has 1 aliphatic carbocycles. The molecule has 1 heterocycles. The highest BCUT2D eigenvalue weighted by molar-refractivity contribution is 4.88. The van der Waals surface area contributed by atoms with E-state index in [0.29, 0.717) is 12.5 Å². The Labute approximate surface area is 80.9 Å². The van der Waals surface area contributed by atoms with Gasteiger partial charge in [-0.1, -0.05) is 6.92 Å². The number of likely N-dealkylation sites (tertiary alicyclic amines) is 1. The fourth-order valence-corrected chi connectivity index (χ4v) is 2.33. The van der Waals surface area contributed by atoms with Crippen molar-refractivity contribution in [1.29, 1.82) is 0 Å². The van der Waals surface area contributed by atoms with Crippen LogP contribution < -0.4 is 0 Å². The number of aliphatic hydroxyl groups is 1. The van der Waals surface area contributed by atoms with E-state index in [2.05, 4.69) is 11.8 Å². The Kier molecular flexibility index (Phi) is 2.89. The maximum absolute atomic E-state index is 8.93. The quantitative estimate of drug-likeness (QED) is 0.714. The molecule has 0 bridgehead atoms. The number of nitrogens with zero attached hydrogens (tertiary/aromatic N) is 1. The molecular formula is C11H21NO. The molecule has 1 N–H and O–H groups in total. The Morgan fingerprint density at radius 2 is 1.92 bits per heavy atom. The van der Waals surface area contributed by atoms with Crippen LogP contribution in [0.2, 0.25) is 0 Å². The molecule has 0 amide bonds. The minimum atomic E-state index is 0.412. The van der Waals surface area contributed by atoms with E-state index in [1.807, 2.05) is 0 Å². The molecular weight excluding hydrogens is 162 g/mol. The fourth-order valence-electron chi connectivity index (χ4n) is 2.33. The average Bonchev–Trinajstić information content (AvgIpc) is 2.88. The van der Waals surface area contributed by atoms with Gasteiger partial charge in [0.1, 0.15) is 0 Å². The normalized spacial score (nSPS) is 36.5. The minimum Gasteiger partial charge on any atom is -0.396 e. The molecule has 2 atom stereocenters. The van der Waals surface area contributed by atoms with Crippen LogP contribution in [0.3, 0.4) is 0 Å². The highest BCUT2D eigenvalue weighted by Crippen LogP contribution is 2.38. The van der Waals surface area contributed by atoms with Crippen LogP contribution in [0, 0.1) is 17.8 Å². The van der Waals surface area contributed by atoms with E-state index in [-0.39, 0.29) is 0 Å². The lowest BCUT2D eigenvalue weighted by molar-refractivity contribution is 0.177. The first-order valence-corrected chi connectivity index (χ1v) is 5.63. The second-order valence-corrected chi connectivity index (χ2v) is 4.92. The Morgan fingerprint density at radius 3 is 2.46 bits per heavy atom. The van der Waals surface area contributed by atoms with Gasteiger partial charge in [-0.05, 0) is 50.1 Å². The molecule has 2 heteroatoms. The van der Waals surface area contributed by atoms with Crippen molar-refractivity contribution in [2.24, 2.45) is 17.8 Å². The second kappa shape index (κ2) is 3.97. The molecule has 1 aliphatic heterocycles. The highest BCUT2D eigenvalue weighted by atomic mass is 16.3. The van der Waals surface area contributed by atoms with Crippen LogP contribution in [-0.2, 0) is 0 Å². The number of hydrogen-bond donors (Lipinski definition) is 1. The van der Waals surface area contributed by atoms with Crippen LogP contribution in [-0.4, -0.2) is 36.2 Å². The van der Waals surface area contributed by atoms with Crippen LogP contribution in [0.25, 0.3) is 0 Å². The lowest BCUT2D eigenvalue weighted by atomic mass is 9.99. The van der Waals surface area contributed by atoms with Crippen molar-refractivity contribution < 1.29 is 5.11 Å². The zero-order valence-electron chi connectivity index (χ0n) is 8.58. The van der Waals surface area contributed by atoms with Crippen molar-refractivity contribution in [3.8, 4) is 0 Å². The van der Waals surface area contributed by atoms with E-state index < -0.39 is 0 Å². The third kappa shape index (κ3) is 2.44. The molecule has 2 fully saturated rings. The Hall–Kier alpha value is -0.0800. The summed E-state index contributed by atoms with van der Waals surface area (Å²) in [6.07, 6.45) is 4.01. The van der Waals surface area contributed by atoms with Crippen LogP contribution in [0.15, 0.2) is 0 Å². The molecule has 0 aromatic heterocycles. The van der Waals surface area contributed by atoms with E-state index in [1.54, 1.807) is 0 Å². The molecule has 0 unspecified atom stereocenters. The van der Waals surface area contributed by atoms with Crippen molar-refractivity contribution in [2.45, 2.75) is 26.2 Å². The van der Waals surface area contributed by atoms with Crippen molar-refractivity contribution in [1.82, 2.24) is 4.90 Å². The third-order valence-electron chi connectivity index (χ3n) is 3.67. The largest absolute Gasteiger partial charge is 0.396 e. The molecule has 2 rings (SSSR count). The molecule has 0 aromatic rings. The van der Waals surface area contributed by atoms with Gasteiger partial charge in [-0.15, -0.1) is 0 Å². The molecule has 0 spiro atoms. The van der Waals surface area contributed by atoms with Gasteiger partial charge in [0.15, 0.2) is 0 Å². The third-order valence-corrected chi connectivity index (χ3v) is 3.67. The summed E-state index contributed by atoms with van der Waals surface area (Å²) in [5.74, 6) is 2.39. The number of rotatable bonds is 3. The maximum Gasteiger partial charge on any atom is 0.0462 e. The first kappa shape index (κ1) is 9.47. The van der Waals surface area contributed by atoms with Gasteiger partial charge < -0.3 is 10.0 Å². The summed E-state index contributed by atoms with van der Waals surface area (Å²) in [6, 6.07) is 0. The molecule has 2 nitrogen and oxygen atoms in total. The van der Waals surface area contributed by atoms with Gasteiger partial charge in [-0.2, -0.15) is 0 Å². The number of aliphatic hydroxyl groups excluding tert-OH is 1. The van der Waals surface area contributed by atoms with Gasteiger partial charge in [0, 0.05) is 13.2 Å². The smallest absolute Gasteiger partial charge is 0.0462 e. The van der Waals surface area contributed by atoms with E-state index >= 15 is 0 Å². The van der Waals surface area contributed by atoms with Gasteiger partial charge in [-0.3, -0.25) is 0 Å². The molecule has 76 valence electrons. The zero-order chi connectivity index (χ0) is 9.26. The highest BCUT2D eigenvalue weighted by Gasteiger charge is 2.37. The van der Waals surface area contributed by atoms with Crippen LogP contribution in [0.1, 0.15) is 26.2 Å². The number of hydrogen-bond acceptors (Lipinski definition) is 2. The van der Waals surface area contributed by atoms with Crippen molar-refractivity contribution in [2.75, 3.05) is 26.2 Å². The fraction of sp³-hybridized carbons (Fsp3) is 1.00. The number of piperidine rings is 1. The molecule has 1 saturated carbocycles. The summed E-state index contributed by atoms with van der Waals surface area (Å²) in [4.78, 5) is 2.58. The molecule has 2 aliphatic rings. The summed E-state index contributed by atoms with van der Waals surface area (Å²) >= 11 is 0. The van der Waals surface area contributed by atoms with Crippen LogP contribution >= 0.6 is 0 Å². The summed E-state index contributed by atoms with van der Waals surface area (Å²) in [6.45, 7) is 6.59. The lowest BCUT2D eigenvalue weighted by Crippen LogP contribution is -2.34. The molecule has 0 aromatic carbocycles. The monoisotopic (exact) mass is 183 g/mol. The maximum atomic E-state index is 8.93. The lowest BCUT2D eigenvalue weighted by Gasteiger charge is -2.30. The van der Waals surface area contributed by atoms with E-state index in [0.717, 1.165) is 11.8 Å². The second-order valence-electron chi connectivity index (χ2n) is 4.92. The van der Waals surface area contributed by atoms with Gasteiger partial charge in [0.2, 0.25) is 0 Å². The Bertz CT molecular complexity index is 163. The summed E-state index contributed by atoms with van der Waals surface area (Å²) < 4.78 is 0. The molecule has 1 saturated heterocycles. The van der Waals surface area contributed by atoms with Gasteiger partial charge in [-0.25, -0.2) is 0 Å². The first-order chi connectivity index (χ1) is 6.29. The topological polar surface area (TPSA) is 23.5 Å². The summed E-state index contributed by atoms with van der Waals surface area (Å²) in [5.41, 5.74) is 0. The summed E-state index contributed by atoms with van der Waals surface area (Å²) in [5, 5.41) is 8.93. The van der Waals surface area contributed by atoms with Crippen molar-refractivity contribution in [3.63, 3.8) is 0 Å². The summed E-state index contributed by atoms with van der Waals surface area (Å²) in [7, 11) is 0. The van der Waals surface area contributed by atoms with Gasteiger partial charge in [0.05, 0.1) is 0 Å². The predicted molar refractivity (Wildman–Crippen MR) is 53.5 cm³/mol. The SMILES string of the molecule is CC1CCN(C[C@@H]2C[C@@H]2CO)CC1. The van der Waals surface area contributed by atoms with Crippen molar-refractivity contribution >= 4 is 0 Å². The van der Waals surface area contributed by atoms with Crippen LogP contribution in [0.5, 0.6) is 0 Å². The Morgan fingerprint density at radius 1 is 1.23 bits per heavy atom. The molecule has 13 heavy (non-hydrogen) atoms. The first-order valence-electron chi connectivity index (χ1n) is 5.63. The molecule has 0 radical (unpaired) electrons. The van der Waals surface area contributed by atoms with E-state index in [9.17, 15) is 0 Å².